The lowest BCUT2D eigenvalue weighted by atomic mass is 9.78. The number of rotatable bonds is 4. The molecule has 35 heavy (non-hydrogen) atoms. The number of anilines is 1. The van der Waals surface area contributed by atoms with Gasteiger partial charge in [-0.05, 0) is 60.9 Å². The summed E-state index contributed by atoms with van der Waals surface area (Å²) in [5.74, 6) is 0.961. The standard InChI is InChI=1S/C28H30N2O5/c1-5-19-8-9-20(15-23(19)33-3)26(31)29-14-12-28-18(2)7-6-13-30(25(28)17-29)22-11-10-21(27(32)34-4)16-24(22)35-28/h6-11,13,15-16,25H,5,12,14,17H2,1-4H3. The van der Waals surface area contributed by atoms with Gasteiger partial charge in [-0.3, -0.25) is 4.79 Å². The number of benzene rings is 2. The van der Waals surface area contributed by atoms with Crippen LogP contribution in [0.4, 0.5) is 5.69 Å². The van der Waals surface area contributed by atoms with Gasteiger partial charge < -0.3 is 24.0 Å². The Balaban J connectivity index is 1.50. The Morgan fingerprint density at radius 3 is 2.69 bits per heavy atom. The Hall–Kier alpha value is -3.74. The van der Waals surface area contributed by atoms with Crippen LogP contribution in [0.15, 0.2) is 60.3 Å². The fourth-order valence-electron chi connectivity index (χ4n) is 5.45. The SMILES string of the molecule is CCc1ccc(C(=O)N2CCC34Oc5cc(C(=O)OC)ccc5N(C=CC=C3C)C4C2)cc1OC. The van der Waals surface area contributed by atoms with E-state index in [2.05, 4.69) is 24.8 Å². The van der Waals surface area contributed by atoms with Gasteiger partial charge in [-0.25, -0.2) is 4.79 Å². The van der Waals surface area contributed by atoms with E-state index in [-0.39, 0.29) is 11.9 Å². The number of piperidine rings is 1. The summed E-state index contributed by atoms with van der Waals surface area (Å²) in [6.45, 7) is 5.20. The maximum atomic E-state index is 13.6. The highest BCUT2D eigenvalue weighted by atomic mass is 16.5. The number of ether oxygens (including phenoxy) is 3. The van der Waals surface area contributed by atoms with E-state index in [1.807, 2.05) is 41.4 Å². The summed E-state index contributed by atoms with van der Waals surface area (Å²) in [4.78, 5) is 29.8. The van der Waals surface area contributed by atoms with Gasteiger partial charge in [-0.2, -0.15) is 0 Å². The van der Waals surface area contributed by atoms with Crippen LogP contribution in [0.5, 0.6) is 11.5 Å². The zero-order valence-corrected chi connectivity index (χ0v) is 20.5. The molecule has 1 saturated heterocycles. The third-order valence-corrected chi connectivity index (χ3v) is 7.43. The molecule has 2 atom stereocenters. The lowest BCUT2D eigenvalue weighted by Gasteiger charge is -2.54. The average molecular weight is 475 g/mol. The third kappa shape index (κ3) is 3.66. The van der Waals surface area contributed by atoms with Crippen LogP contribution in [-0.2, 0) is 11.2 Å². The molecule has 1 fully saturated rings. The molecule has 0 aliphatic carbocycles. The number of amides is 1. The Morgan fingerprint density at radius 1 is 1.14 bits per heavy atom. The van der Waals surface area contributed by atoms with Crippen molar-refractivity contribution in [3.05, 3.63) is 77.0 Å². The number of likely N-dealkylation sites (tertiary alicyclic amines) is 1. The smallest absolute Gasteiger partial charge is 0.337 e. The summed E-state index contributed by atoms with van der Waals surface area (Å²) >= 11 is 0. The molecule has 2 unspecified atom stereocenters. The Morgan fingerprint density at radius 2 is 1.94 bits per heavy atom. The van der Waals surface area contributed by atoms with Gasteiger partial charge in [-0.1, -0.05) is 19.1 Å². The van der Waals surface area contributed by atoms with E-state index in [1.54, 1.807) is 19.2 Å². The van der Waals surface area contributed by atoms with Crippen LogP contribution in [0.1, 0.15) is 46.5 Å². The Bertz CT molecular complexity index is 1250. The zero-order chi connectivity index (χ0) is 24.7. The lowest BCUT2D eigenvalue weighted by Crippen LogP contribution is -2.66. The average Bonchev–Trinajstić information content (AvgIpc) is 2.99. The van der Waals surface area contributed by atoms with Crippen molar-refractivity contribution in [2.45, 2.75) is 38.3 Å². The van der Waals surface area contributed by atoms with Crippen molar-refractivity contribution < 1.29 is 23.8 Å². The maximum Gasteiger partial charge on any atom is 0.337 e. The zero-order valence-electron chi connectivity index (χ0n) is 20.5. The molecule has 182 valence electrons. The topological polar surface area (TPSA) is 68.3 Å². The summed E-state index contributed by atoms with van der Waals surface area (Å²) in [5, 5.41) is 0. The summed E-state index contributed by atoms with van der Waals surface area (Å²) in [7, 11) is 3.00. The summed E-state index contributed by atoms with van der Waals surface area (Å²) in [5.41, 5.74) is 3.49. The second kappa shape index (κ2) is 8.80. The molecule has 0 N–H and O–H groups in total. The van der Waals surface area contributed by atoms with Crippen molar-refractivity contribution in [1.29, 1.82) is 0 Å². The first-order valence-corrected chi connectivity index (χ1v) is 11.9. The number of carbonyl (C=O) groups is 2. The maximum absolute atomic E-state index is 13.6. The molecule has 3 aliphatic rings. The Kier molecular flexibility index (Phi) is 5.79. The number of methoxy groups -OCH3 is 2. The summed E-state index contributed by atoms with van der Waals surface area (Å²) < 4.78 is 17.1. The van der Waals surface area contributed by atoms with Gasteiger partial charge >= 0.3 is 5.97 Å². The van der Waals surface area contributed by atoms with Gasteiger partial charge in [-0.15, -0.1) is 0 Å². The number of fused-ring (bicyclic) bond motifs is 2. The third-order valence-electron chi connectivity index (χ3n) is 7.43. The molecule has 1 amide bonds. The van der Waals surface area contributed by atoms with E-state index in [9.17, 15) is 9.59 Å². The quantitative estimate of drug-likeness (QED) is 0.613. The first kappa shape index (κ1) is 23.0. The molecule has 0 aromatic heterocycles. The summed E-state index contributed by atoms with van der Waals surface area (Å²) in [6.07, 6.45) is 7.60. The number of esters is 1. The van der Waals surface area contributed by atoms with Gasteiger partial charge in [0.05, 0.1) is 31.5 Å². The number of carbonyl (C=O) groups excluding carboxylic acids is 2. The van der Waals surface area contributed by atoms with Crippen LogP contribution >= 0.6 is 0 Å². The highest BCUT2D eigenvalue weighted by Gasteiger charge is 2.53. The van der Waals surface area contributed by atoms with Crippen LogP contribution in [0.2, 0.25) is 0 Å². The number of aryl methyl sites for hydroxylation is 1. The molecular formula is C28H30N2O5. The molecule has 0 saturated carbocycles. The highest BCUT2D eigenvalue weighted by Crippen LogP contribution is 2.48. The van der Waals surface area contributed by atoms with Crippen LogP contribution in [0.3, 0.4) is 0 Å². The molecule has 7 heteroatoms. The molecule has 2 bridgehead atoms. The van der Waals surface area contributed by atoms with Gasteiger partial charge in [0.1, 0.15) is 11.5 Å². The van der Waals surface area contributed by atoms with Crippen LogP contribution < -0.4 is 14.4 Å². The number of nitrogens with zero attached hydrogens (tertiary/aromatic N) is 2. The normalized spacial score (nSPS) is 22.3. The largest absolute Gasteiger partial charge is 0.496 e. The monoisotopic (exact) mass is 474 g/mol. The first-order valence-electron chi connectivity index (χ1n) is 11.9. The predicted molar refractivity (Wildman–Crippen MR) is 133 cm³/mol. The van der Waals surface area contributed by atoms with Gasteiger partial charge in [0, 0.05) is 31.3 Å². The molecule has 5 rings (SSSR count). The van der Waals surface area contributed by atoms with Crippen molar-refractivity contribution in [3.63, 3.8) is 0 Å². The van der Waals surface area contributed by atoms with Crippen molar-refractivity contribution in [1.82, 2.24) is 4.90 Å². The van der Waals surface area contributed by atoms with Crippen molar-refractivity contribution in [2.75, 3.05) is 32.2 Å². The molecule has 3 heterocycles. The minimum atomic E-state index is -0.605. The minimum absolute atomic E-state index is 0.0174. The van der Waals surface area contributed by atoms with E-state index in [0.717, 1.165) is 29.0 Å². The molecule has 7 nitrogen and oxygen atoms in total. The van der Waals surface area contributed by atoms with E-state index in [4.69, 9.17) is 14.2 Å². The first-order chi connectivity index (χ1) is 16.9. The lowest BCUT2D eigenvalue weighted by molar-refractivity contribution is 0.00541. The number of hydrogen-bond donors (Lipinski definition) is 0. The number of allylic oxidation sites excluding steroid dienone is 2. The van der Waals surface area contributed by atoms with E-state index in [1.165, 1.54) is 7.11 Å². The Labute approximate surface area is 205 Å². The van der Waals surface area contributed by atoms with Gasteiger partial charge in [0.15, 0.2) is 5.60 Å². The molecule has 3 aliphatic heterocycles. The van der Waals surface area contributed by atoms with E-state index >= 15 is 0 Å². The van der Waals surface area contributed by atoms with Crippen molar-refractivity contribution in [3.8, 4) is 11.5 Å². The molecule has 2 aromatic rings. The van der Waals surface area contributed by atoms with Crippen LogP contribution in [0, 0.1) is 0 Å². The minimum Gasteiger partial charge on any atom is -0.496 e. The van der Waals surface area contributed by atoms with E-state index < -0.39 is 11.6 Å². The van der Waals surface area contributed by atoms with Crippen LogP contribution in [0.25, 0.3) is 0 Å². The molecule has 0 radical (unpaired) electrons. The van der Waals surface area contributed by atoms with Gasteiger partial charge in [0.2, 0.25) is 0 Å². The second-order valence-corrected chi connectivity index (χ2v) is 9.16. The predicted octanol–water partition coefficient (Wildman–Crippen LogP) is 4.37. The van der Waals surface area contributed by atoms with Crippen LogP contribution in [-0.4, -0.2) is 55.7 Å². The fraction of sp³-hybridized carbons (Fsp3) is 0.357. The van der Waals surface area contributed by atoms with Crippen molar-refractivity contribution in [2.24, 2.45) is 0 Å². The van der Waals surface area contributed by atoms with E-state index in [0.29, 0.717) is 36.4 Å². The molecular weight excluding hydrogens is 444 g/mol. The fourth-order valence-corrected chi connectivity index (χ4v) is 5.45. The number of hydrogen-bond acceptors (Lipinski definition) is 6. The van der Waals surface area contributed by atoms with Crippen molar-refractivity contribution >= 4 is 17.6 Å². The van der Waals surface area contributed by atoms with Gasteiger partial charge in [0.25, 0.3) is 5.91 Å². The molecule has 0 spiro atoms. The highest BCUT2D eigenvalue weighted by molar-refractivity contribution is 5.95. The molecule has 2 aromatic carbocycles. The second-order valence-electron chi connectivity index (χ2n) is 9.16. The summed E-state index contributed by atoms with van der Waals surface area (Å²) in [6, 6.07) is 11.0.